The van der Waals surface area contributed by atoms with Gasteiger partial charge in [0, 0.05) is 74.6 Å². The van der Waals surface area contributed by atoms with Crippen LogP contribution >= 0.6 is 0 Å². The molecule has 1 saturated carbocycles. The lowest BCUT2D eigenvalue weighted by Gasteiger charge is -2.58. The molecule has 256 valence electrons. The molecule has 48 heavy (non-hydrogen) atoms. The number of ether oxygens (including phenoxy) is 4. The summed E-state index contributed by atoms with van der Waals surface area (Å²) in [5.74, 6) is 1.07. The summed E-state index contributed by atoms with van der Waals surface area (Å²) in [5.41, 5.74) is 2.59. The number of carbonyl (C=O) groups is 1. The molecule has 12 nitrogen and oxygen atoms in total. The highest BCUT2D eigenvalue weighted by Gasteiger charge is 2.54. The normalized spacial score (nSPS) is 20.6. The fourth-order valence-electron chi connectivity index (χ4n) is 7.44. The first-order chi connectivity index (χ1) is 23.3. The van der Waals surface area contributed by atoms with Crippen molar-refractivity contribution in [3.05, 3.63) is 59.4 Å². The van der Waals surface area contributed by atoms with Crippen molar-refractivity contribution >= 4 is 11.7 Å². The van der Waals surface area contributed by atoms with Crippen LogP contribution in [0.15, 0.2) is 36.8 Å². The molecular weight excluding hydrogens is 617 g/mol. The zero-order chi connectivity index (χ0) is 33.3. The fourth-order valence-corrected chi connectivity index (χ4v) is 7.44. The second-order valence-electron chi connectivity index (χ2n) is 13.6. The van der Waals surface area contributed by atoms with Crippen molar-refractivity contribution in [3.63, 3.8) is 0 Å². The predicted octanol–water partition coefficient (Wildman–Crippen LogP) is 4.28. The smallest absolute Gasteiger partial charge is 0.282 e. The van der Waals surface area contributed by atoms with E-state index in [1.54, 1.807) is 4.90 Å². The number of pyridine rings is 1. The number of fused-ring (bicyclic) bond motifs is 1. The van der Waals surface area contributed by atoms with Gasteiger partial charge in [0.25, 0.3) is 11.8 Å². The molecule has 1 amide bonds. The van der Waals surface area contributed by atoms with Crippen molar-refractivity contribution in [2.24, 2.45) is 5.41 Å². The third-order valence-electron chi connectivity index (χ3n) is 9.94. The van der Waals surface area contributed by atoms with Gasteiger partial charge in [0.1, 0.15) is 29.7 Å². The minimum absolute atomic E-state index is 0.0546. The molecule has 13 heteroatoms. The zero-order valence-electron chi connectivity index (χ0n) is 27.9. The number of nitrogens with zero attached hydrogens (tertiary/aromatic N) is 7. The number of hydrogen-bond acceptors (Lipinski definition) is 11. The van der Waals surface area contributed by atoms with Gasteiger partial charge in [-0.05, 0) is 64.3 Å². The number of anilines is 1. The van der Waals surface area contributed by atoms with Crippen molar-refractivity contribution in [1.29, 1.82) is 0 Å². The van der Waals surface area contributed by atoms with E-state index in [4.69, 9.17) is 18.9 Å². The van der Waals surface area contributed by atoms with Gasteiger partial charge in [0.2, 0.25) is 0 Å². The minimum Gasteiger partial charge on any atom is -0.490 e. The number of hydrogen-bond donors (Lipinski definition) is 0. The van der Waals surface area contributed by atoms with E-state index in [0.717, 1.165) is 69.9 Å². The van der Waals surface area contributed by atoms with Crippen molar-refractivity contribution in [1.82, 2.24) is 30.0 Å². The highest BCUT2D eigenvalue weighted by atomic mass is 19.1. The summed E-state index contributed by atoms with van der Waals surface area (Å²) in [5, 5.41) is 8.14. The van der Waals surface area contributed by atoms with Gasteiger partial charge in [0.05, 0.1) is 31.5 Å². The third-order valence-corrected chi connectivity index (χ3v) is 9.94. The molecule has 0 bridgehead atoms. The second kappa shape index (κ2) is 13.9. The molecule has 0 N–H and O–H groups in total. The number of carbonyl (C=O) groups excluding carboxylic acids is 1. The Hall–Kier alpha value is -3.94. The quantitative estimate of drug-likeness (QED) is 0.293. The SMILES string of the molecule is CCN(C(=O)c1cc(F)ccc1Oc1nncnc1N1CC2(CC(Oc3ccnc4c3CN(CCC3COCCO3)CC4)C2)C1)C(C)C. The number of halogens is 1. The van der Waals surface area contributed by atoms with Crippen LogP contribution in [0.2, 0.25) is 0 Å². The molecule has 1 spiro atoms. The number of rotatable bonds is 11. The lowest BCUT2D eigenvalue weighted by molar-refractivity contribution is -0.0929. The molecule has 1 aliphatic carbocycles. The first-order valence-corrected chi connectivity index (χ1v) is 17.1. The van der Waals surface area contributed by atoms with Gasteiger partial charge in [-0.2, -0.15) is 0 Å². The van der Waals surface area contributed by atoms with E-state index in [9.17, 15) is 9.18 Å². The number of aromatic nitrogens is 4. The molecular formula is C35H44FN7O5. The summed E-state index contributed by atoms with van der Waals surface area (Å²) in [7, 11) is 0. The van der Waals surface area contributed by atoms with Crippen LogP contribution in [0.25, 0.3) is 0 Å². The molecule has 2 saturated heterocycles. The standard InChI is InChI=1S/C35H44FN7O5/c1-4-43(23(2)3)34(44)27-15-24(36)5-6-30(27)48-33-32(38-22-39-40-33)42-20-35(21-42)16-26(17-35)47-31-7-10-37-29-9-12-41(18-28(29)31)11-8-25-19-45-13-14-46-25/h5-7,10,15,22-23,25-26H,4,8-9,11-14,16-21H2,1-3H3. The van der Waals surface area contributed by atoms with E-state index in [1.165, 1.54) is 30.1 Å². The number of amides is 1. The molecule has 1 unspecified atom stereocenters. The highest BCUT2D eigenvalue weighted by molar-refractivity contribution is 5.97. The van der Waals surface area contributed by atoms with Crippen LogP contribution < -0.4 is 14.4 Å². The molecule has 5 heterocycles. The molecule has 2 aromatic heterocycles. The third kappa shape index (κ3) is 6.81. The second-order valence-corrected chi connectivity index (χ2v) is 13.6. The van der Waals surface area contributed by atoms with E-state index in [0.29, 0.717) is 32.2 Å². The Balaban J connectivity index is 0.962. The summed E-state index contributed by atoms with van der Waals surface area (Å²) in [6, 6.07) is 5.88. The summed E-state index contributed by atoms with van der Waals surface area (Å²) < 4.78 is 38.4. The average Bonchev–Trinajstić information content (AvgIpc) is 3.06. The van der Waals surface area contributed by atoms with Gasteiger partial charge < -0.3 is 28.7 Å². The molecule has 0 radical (unpaired) electrons. The number of benzene rings is 1. The maximum absolute atomic E-state index is 14.3. The van der Waals surface area contributed by atoms with Crippen LogP contribution in [-0.2, 0) is 22.4 Å². The summed E-state index contributed by atoms with van der Waals surface area (Å²) in [4.78, 5) is 28.7. The first kappa shape index (κ1) is 32.6. The van der Waals surface area contributed by atoms with Crippen LogP contribution in [0.3, 0.4) is 0 Å². The monoisotopic (exact) mass is 661 g/mol. The molecule has 1 aromatic carbocycles. The van der Waals surface area contributed by atoms with Crippen LogP contribution in [0.1, 0.15) is 61.6 Å². The molecule has 1 atom stereocenters. The summed E-state index contributed by atoms with van der Waals surface area (Å²) in [6.45, 7) is 12.6. The molecule has 7 rings (SSSR count). The molecule has 3 aromatic rings. The van der Waals surface area contributed by atoms with E-state index >= 15 is 0 Å². The van der Waals surface area contributed by atoms with Gasteiger partial charge in [0.15, 0.2) is 5.82 Å². The fraction of sp³-hybridized carbons (Fsp3) is 0.571. The maximum Gasteiger partial charge on any atom is 0.282 e. The Labute approximate surface area is 280 Å². The average molecular weight is 662 g/mol. The van der Waals surface area contributed by atoms with Crippen molar-refractivity contribution in [2.45, 2.75) is 71.2 Å². The van der Waals surface area contributed by atoms with E-state index < -0.39 is 5.82 Å². The van der Waals surface area contributed by atoms with Crippen LogP contribution in [0.4, 0.5) is 10.2 Å². The van der Waals surface area contributed by atoms with Gasteiger partial charge in [-0.25, -0.2) is 9.37 Å². The molecule has 4 aliphatic rings. The topological polar surface area (TPSA) is 115 Å². The Kier molecular flexibility index (Phi) is 9.43. The Morgan fingerprint density at radius 1 is 1.17 bits per heavy atom. The van der Waals surface area contributed by atoms with E-state index in [1.807, 2.05) is 33.0 Å². The lowest BCUT2D eigenvalue weighted by atomic mass is 9.61. The largest absolute Gasteiger partial charge is 0.490 e. The predicted molar refractivity (Wildman–Crippen MR) is 175 cm³/mol. The van der Waals surface area contributed by atoms with Crippen molar-refractivity contribution in [2.75, 3.05) is 57.4 Å². The van der Waals surface area contributed by atoms with Crippen LogP contribution in [0.5, 0.6) is 17.4 Å². The van der Waals surface area contributed by atoms with Crippen LogP contribution in [0, 0.1) is 11.2 Å². The summed E-state index contributed by atoms with van der Waals surface area (Å²) in [6.07, 6.45) is 7.32. The molecule has 3 fully saturated rings. The molecule has 3 aliphatic heterocycles. The van der Waals surface area contributed by atoms with Gasteiger partial charge >= 0.3 is 0 Å². The van der Waals surface area contributed by atoms with E-state index in [2.05, 4.69) is 30.0 Å². The Morgan fingerprint density at radius 3 is 2.79 bits per heavy atom. The highest BCUT2D eigenvalue weighted by Crippen LogP contribution is 2.52. The van der Waals surface area contributed by atoms with Gasteiger partial charge in [-0.15, -0.1) is 10.2 Å². The van der Waals surface area contributed by atoms with Crippen LogP contribution in [-0.4, -0.2) is 107 Å². The minimum atomic E-state index is -0.514. The Morgan fingerprint density at radius 2 is 2.02 bits per heavy atom. The lowest BCUT2D eigenvalue weighted by Crippen LogP contribution is -2.65. The van der Waals surface area contributed by atoms with Gasteiger partial charge in [-0.1, -0.05) is 0 Å². The van der Waals surface area contributed by atoms with Crippen molar-refractivity contribution < 1.29 is 28.1 Å². The first-order valence-electron chi connectivity index (χ1n) is 17.1. The van der Waals surface area contributed by atoms with E-state index in [-0.39, 0.29) is 46.8 Å². The van der Waals surface area contributed by atoms with Crippen molar-refractivity contribution in [3.8, 4) is 17.4 Å². The summed E-state index contributed by atoms with van der Waals surface area (Å²) >= 11 is 0. The maximum atomic E-state index is 14.3. The van der Waals surface area contributed by atoms with Gasteiger partial charge in [-0.3, -0.25) is 14.7 Å². The Bertz CT molecular complexity index is 1610. The zero-order valence-corrected chi connectivity index (χ0v) is 27.9.